The first-order valence-electron chi connectivity index (χ1n) is 8.73. The monoisotopic (exact) mass is 395 g/mol. The van der Waals surface area contributed by atoms with E-state index in [4.69, 9.17) is 14.2 Å². The molecule has 29 heavy (non-hydrogen) atoms. The minimum Gasteiger partial charge on any atom is -0.497 e. The van der Waals surface area contributed by atoms with Crippen LogP contribution in [0.4, 0.5) is 5.95 Å². The lowest BCUT2D eigenvalue weighted by molar-refractivity contribution is 0.354. The standard InChI is InChI=1S/C20H21N5O4/c1-27-15-7-4-13(5-8-15)12-21-24-20-22-19(26)16(23-25-20)10-14-6-9-17(28-2)18(11-14)29-3/h4-9,11-12H,10H2,1-3H3,(H2,22,24,25,26). The lowest BCUT2D eigenvalue weighted by Gasteiger charge is -2.09. The van der Waals surface area contributed by atoms with Gasteiger partial charge in [0.25, 0.3) is 5.56 Å². The summed E-state index contributed by atoms with van der Waals surface area (Å²) in [6.45, 7) is 0. The van der Waals surface area contributed by atoms with Crippen molar-refractivity contribution in [3.8, 4) is 17.2 Å². The van der Waals surface area contributed by atoms with Crippen molar-refractivity contribution in [1.29, 1.82) is 0 Å². The Labute approximate surface area is 167 Å². The van der Waals surface area contributed by atoms with Crippen LogP contribution >= 0.6 is 0 Å². The fourth-order valence-electron chi connectivity index (χ4n) is 2.57. The highest BCUT2D eigenvalue weighted by Crippen LogP contribution is 2.28. The summed E-state index contributed by atoms with van der Waals surface area (Å²) in [4.78, 5) is 14.9. The molecule has 0 spiro atoms. The largest absolute Gasteiger partial charge is 0.497 e. The Morgan fingerprint density at radius 1 is 1.00 bits per heavy atom. The van der Waals surface area contributed by atoms with Gasteiger partial charge < -0.3 is 14.2 Å². The molecule has 0 aliphatic rings. The SMILES string of the molecule is COc1ccc(C=NNc2nnc(Cc3ccc(OC)c(OC)c3)c(=O)[nH]2)cc1. The second kappa shape index (κ2) is 9.36. The van der Waals surface area contributed by atoms with Gasteiger partial charge in [-0.05, 0) is 47.5 Å². The third kappa shape index (κ3) is 5.10. The number of aromatic amines is 1. The fourth-order valence-corrected chi connectivity index (χ4v) is 2.57. The molecule has 9 nitrogen and oxygen atoms in total. The Morgan fingerprint density at radius 3 is 2.41 bits per heavy atom. The second-order valence-corrected chi connectivity index (χ2v) is 5.96. The summed E-state index contributed by atoms with van der Waals surface area (Å²) in [5.74, 6) is 2.11. The number of rotatable bonds is 8. The van der Waals surface area contributed by atoms with Gasteiger partial charge >= 0.3 is 0 Å². The van der Waals surface area contributed by atoms with Gasteiger partial charge in [0.15, 0.2) is 11.5 Å². The van der Waals surface area contributed by atoms with Gasteiger partial charge in [-0.1, -0.05) is 6.07 Å². The number of benzene rings is 2. The van der Waals surface area contributed by atoms with Crippen LogP contribution in [0.2, 0.25) is 0 Å². The van der Waals surface area contributed by atoms with Crippen LogP contribution in [-0.2, 0) is 6.42 Å². The highest BCUT2D eigenvalue weighted by Gasteiger charge is 2.09. The number of anilines is 1. The van der Waals surface area contributed by atoms with Crippen LogP contribution in [0.5, 0.6) is 17.2 Å². The lowest BCUT2D eigenvalue weighted by atomic mass is 10.1. The van der Waals surface area contributed by atoms with E-state index in [1.54, 1.807) is 39.7 Å². The lowest BCUT2D eigenvalue weighted by Crippen LogP contribution is -2.18. The molecule has 9 heteroatoms. The van der Waals surface area contributed by atoms with Crippen LogP contribution in [0, 0.1) is 0 Å². The number of hydrogen-bond donors (Lipinski definition) is 2. The molecule has 0 atom stereocenters. The first-order valence-corrected chi connectivity index (χ1v) is 8.73. The highest BCUT2D eigenvalue weighted by atomic mass is 16.5. The number of hydrazone groups is 1. The Kier molecular flexibility index (Phi) is 6.41. The predicted molar refractivity (Wildman–Crippen MR) is 109 cm³/mol. The minimum absolute atomic E-state index is 0.149. The van der Waals surface area contributed by atoms with Gasteiger partial charge in [-0.3, -0.25) is 9.78 Å². The molecule has 3 rings (SSSR count). The molecule has 0 aliphatic carbocycles. The van der Waals surface area contributed by atoms with E-state index in [1.165, 1.54) is 0 Å². The van der Waals surface area contributed by atoms with Crippen molar-refractivity contribution in [3.05, 3.63) is 69.6 Å². The zero-order valence-electron chi connectivity index (χ0n) is 16.3. The molecule has 150 valence electrons. The zero-order chi connectivity index (χ0) is 20.6. The van der Waals surface area contributed by atoms with Crippen LogP contribution in [0.15, 0.2) is 52.4 Å². The molecular weight excluding hydrogens is 374 g/mol. The number of hydrogen-bond acceptors (Lipinski definition) is 8. The van der Waals surface area contributed by atoms with Crippen molar-refractivity contribution in [2.75, 3.05) is 26.8 Å². The number of nitrogens with one attached hydrogen (secondary N) is 2. The van der Waals surface area contributed by atoms with E-state index >= 15 is 0 Å². The van der Waals surface area contributed by atoms with E-state index < -0.39 is 0 Å². The first kappa shape index (κ1) is 19.9. The van der Waals surface area contributed by atoms with Crippen molar-refractivity contribution in [2.45, 2.75) is 6.42 Å². The second-order valence-electron chi connectivity index (χ2n) is 5.96. The topological polar surface area (TPSA) is 111 Å². The average Bonchev–Trinajstić information content (AvgIpc) is 2.76. The van der Waals surface area contributed by atoms with Gasteiger partial charge in [-0.2, -0.15) is 5.10 Å². The summed E-state index contributed by atoms with van der Waals surface area (Å²) in [5.41, 5.74) is 4.30. The maximum atomic E-state index is 12.3. The smallest absolute Gasteiger partial charge is 0.274 e. The molecule has 0 saturated carbocycles. The Bertz CT molecular complexity index is 1050. The van der Waals surface area contributed by atoms with Crippen molar-refractivity contribution in [3.63, 3.8) is 0 Å². The molecule has 0 aliphatic heterocycles. The Morgan fingerprint density at radius 2 is 1.76 bits per heavy atom. The molecule has 3 aromatic rings. The Hall–Kier alpha value is -3.88. The molecule has 0 saturated heterocycles. The number of ether oxygens (including phenoxy) is 3. The van der Waals surface area contributed by atoms with Gasteiger partial charge in [0.2, 0.25) is 5.95 Å². The molecule has 0 amide bonds. The van der Waals surface area contributed by atoms with E-state index in [0.717, 1.165) is 16.9 Å². The van der Waals surface area contributed by atoms with Gasteiger partial charge in [-0.25, -0.2) is 5.43 Å². The zero-order valence-corrected chi connectivity index (χ0v) is 16.3. The molecule has 0 bridgehead atoms. The summed E-state index contributed by atoms with van der Waals surface area (Å²) in [7, 11) is 4.73. The number of methoxy groups -OCH3 is 3. The third-order valence-electron chi connectivity index (χ3n) is 4.08. The van der Waals surface area contributed by atoms with Gasteiger partial charge in [0.1, 0.15) is 11.4 Å². The molecule has 2 N–H and O–H groups in total. The van der Waals surface area contributed by atoms with Crippen LogP contribution in [0.3, 0.4) is 0 Å². The number of H-pyrrole nitrogens is 1. The summed E-state index contributed by atoms with van der Waals surface area (Å²) in [6, 6.07) is 12.8. The fraction of sp³-hybridized carbons (Fsp3) is 0.200. The summed E-state index contributed by atoms with van der Waals surface area (Å²) in [6.07, 6.45) is 1.90. The first-order chi connectivity index (χ1) is 14.1. The molecule has 1 heterocycles. The summed E-state index contributed by atoms with van der Waals surface area (Å²) in [5, 5.41) is 12.0. The summed E-state index contributed by atoms with van der Waals surface area (Å²) < 4.78 is 15.6. The van der Waals surface area contributed by atoms with Crippen molar-refractivity contribution >= 4 is 12.2 Å². The number of nitrogens with zero attached hydrogens (tertiary/aromatic N) is 3. The quantitative estimate of drug-likeness (QED) is 0.444. The van der Waals surface area contributed by atoms with E-state index in [2.05, 4.69) is 25.7 Å². The van der Waals surface area contributed by atoms with Gasteiger partial charge in [-0.15, -0.1) is 10.2 Å². The highest BCUT2D eigenvalue weighted by molar-refractivity contribution is 5.80. The molecular formula is C20H21N5O4. The van der Waals surface area contributed by atoms with Crippen LogP contribution < -0.4 is 25.2 Å². The van der Waals surface area contributed by atoms with E-state index in [1.807, 2.05) is 30.3 Å². The van der Waals surface area contributed by atoms with E-state index in [9.17, 15) is 4.79 Å². The summed E-state index contributed by atoms with van der Waals surface area (Å²) >= 11 is 0. The molecule has 0 fully saturated rings. The average molecular weight is 395 g/mol. The maximum absolute atomic E-state index is 12.3. The van der Waals surface area contributed by atoms with Crippen molar-refractivity contribution in [1.82, 2.24) is 15.2 Å². The normalized spacial score (nSPS) is 10.7. The van der Waals surface area contributed by atoms with Crippen LogP contribution in [0.25, 0.3) is 0 Å². The third-order valence-corrected chi connectivity index (χ3v) is 4.08. The molecule has 0 radical (unpaired) electrons. The van der Waals surface area contributed by atoms with Gasteiger partial charge in [0.05, 0.1) is 27.5 Å². The van der Waals surface area contributed by atoms with Gasteiger partial charge in [0, 0.05) is 6.42 Å². The van der Waals surface area contributed by atoms with Crippen LogP contribution in [-0.4, -0.2) is 42.7 Å². The molecule has 1 aromatic heterocycles. The predicted octanol–water partition coefficient (Wildman–Crippen LogP) is 2.23. The molecule has 2 aromatic carbocycles. The van der Waals surface area contributed by atoms with Crippen LogP contribution in [0.1, 0.15) is 16.8 Å². The maximum Gasteiger partial charge on any atom is 0.274 e. The van der Waals surface area contributed by atoms with Crippen molar-refractivity contribution < 1.29 is 14.2 Å². The molecule has 0 unspecified atom stereocenters. The van der Waals surface area contributed by atoms with Crippen molar-refractivity contribution in [2.24, 2.45) is 5.10 Å². The minimum atomic E-state index is -0.350. The number of aromatic nitrogens is 3. The Balaban J connectivity index is 1.66. The van der Waals surface area contributed by atoms with E-state index in [0.29, 0.717) is 17.9 Å². The van der Waals surface area contributed by atoms with E-state index in [-0.39, 0.29) is 17.2 Å².